The van der Waals surface area contributed by atoms with Crippen molar-refractivity contribution < 1.29 is 13.3 Å². The van der Waals surface area contributed by atoms with Gasteiger partial charge in [0.25, 0.3) is 5.97 Å². The molecule has 1 heterocycles. The fourth-order valence-electron chi connectivity index (χ4n) is 3.20. The third-order valence-electron chi connectivity index (χ3n) is 5.19. The monoisotopic (exact) mass is 394 g/mol. The van der Waals surface area contributed by atoms with Crippen molar-refractivity contribution in [1.82, 2.24) is 0 Å². The van der Waals surface area contributed by atoms with Crippen molar-refractivity contribution in [3.8, 4) is 0 Å². The third kappa shape index (κ3) is 4.53. The Labute approximate surface area is 143 Å². The molecule has 0 spiro atoms. The van der Waals surface area contributed by atoms with E-state index in [0.717, 1.165) is 6.04 Å². The molecule has 0 bridgehead atoms. The molecule has 0 aliphatic carbocycles. The molecule has 1 aliphatic heterocycles. The van der Waals surface area contributed by atoms with Gasteiger partial charge in [0.05, 0.1) is 14.7 Å². The summed E-state index contributed by atoms with van der Waals surface area (Å²) in [6.07, 6.45) is 0. The number of hydrogen-bond donors (Lipinski definition) is 0. The van der Waals surface area contributed by atoms with Gasteiger partial charge in [0.15, 0.2) is 24.5 Å². The van der Waals surface area contributed by atoms with Crippen molar-refractivity contribution in [2.45, 2.75) is 90.6 Å². The van der Waals surface area contributed by atoms with Crippen LogP contribution in [0.4, 0.5) is 0 Å². The van der Waals surface area contributed by atoms with Crippen LogP contribution >= 0.6 is 0 Å². The summed E-state index contributed by atoms with van der Waals surface area (Å²) in [6, 6.07) is 1.00. The summed E-state index contributed by atoms with van der Waals surface area (Å²) in [7, 11) is -8.08. The molecule has 3 nitrogen and oxygen atoms in total. The van der Waals surface area contributed by atoms with E-state index in [-0.39, 0.29) is 0 Å². The van der Waals surface area contributed by atoms with E-state index in [4.69, 9.17) is 13.3 Å². The van der Waals surface area contributed by atoms with E-state index in [2.05, 4.69) is 78.6 Å². The van der Waals surface area contributed by atoms with E-state index in [0.29, 0.717) is 0 Å². The lowest BCUT2D eigenvalue weighted by Gasteiger charge is -2.60. The van der Waals surface area contributed by atoms with E-state index in [1.54, 1.807) is 0 Å². The Morgan fingerprint density at radius 3 is 1.41 bits per heavy atom. The van der Waals surface area contributed by atoms with E-state index < -0.39 is 45.1 Å². The van der Waals surface area contributed by atoms with Crippen molar-refractivity contribution in [1.29, 1.82) is 0 Å². The molecule has 8 heteroatoms. The van der Waals surface area contributed by atoms with Gasteiger partial charge in [0.2, 0.25) is 0 Å². The van der Waals surface area contributed by atoms with Gasteiger partial charge in [-0.2, -0.15) is 0 Å². The molecule has 0 amide bonds. The van der Waals surface area contributed by atoms with Gasteiger partial charge in [-0.1, -0.05) is 26.2 Å². The number of hydrogen-bond acceptors (Lipinski definition) is 3. The summed E-state index contributed by atoms with van der Waals surface area (Å²) in [5.41, 5.74) is 0. The van der Waals surface area contributed by atoms with Crippen LogP contribution in [0.25, 0.3) is 0 Å². The summed E-state index contributed by atoms with van der Waals surface area (Å²) >= 11 is 0. The molecular formula is C14H38O3Si5. The maximum atomic E-state index is 6.82. The first kappa shape index (κ1) is 21.0. The molecular weight excluding hydrogens is 357 g/mol. The predicted molar refractivity (Wildman–Crippen MR) is 110 cm³/mol. The van der Waals surface area contributed by atoms with Crippen molar-refractivity contribution in [2.24, 2.45) is 0 Å². The highest BCUT2D eigenvalue weighted by atomic mass is 29.6. The molecule has 132 valence electrons. The standard InChI is InChI=1S/C14H38O3Si5/c1-18(2,3)15-14(16-19(4,5)6)13-20(7,8)22(11,12)21(9,10)17-14/h13H2,1-12H3. The minimum atomic E-state index is -1.79. The highest BCUT2D eigenvalue weighted by Crippen LogP contribution is 2.47. The van der Waals surface area contributed by atoms with Gasteiger partial charge in [-0.3, -0.25) is 0 Å². The van der Waals surface area contributed by atoms with Crippen LogP contribution in [0.1, 0.15) is 0 Å². The van der Waals surface area contributed by atoms with Crippen LogP contribution in [0.2, 0.25) is 84.6 Å². The Morgan fingerprint density at radius 2 is 1.14 bits per heavy atom. The number of rotatable bonds is 4. The maximum Gasteiger partial charge on any atom is 0.251 e. The molecule has 1 aliphatic rings. The van der Waals surface area contributed by atoms with Gasteiger partial charge < -0.3 is 13.3 Å². The molecule has 1 fully saturated rings. The highest BCUT2D eigenvalue weighted by molar-refractivity contribution is 7.67. The van der Waals surface area contributed by atoms with Gasteiger partial charge in [-0.15, -0.1) is 0 Å². The highest BCUT2D eigenvalue weighted by Gasteiger charge is 2.65. The summed E-state index contributed by atoms with van der Waals surface area (Å²) in [4.78, 5) is 0. The first-order chi connectivity index (χ1) is 9.33. The minimum Gasteiger partial charge on any atom is -0.374 e. The van der Waals surface area contributed by atoms with Gasteiger partial charge in [0.1, 0.15) is 0 Å². The Morgan fingerprint density at radius 1 is 0.773 bits per heavy atom. The topological polar surface area (TPSA) is 27.7 Å². The van der Waals surface area contributed by atoms with Crippen LogP contribution in [-0.4, -0.2) is 45.1 Å². The fraction of sp³-hybridized carbons (Fsp3) is 1.00. The zero-order valence-electron chi connectivity index (χ0n) is 16.9. The van der Waals surface area contributed by atoms with Crippen molar-refractivity contribution in [3.05, 3.63) is 0 Å². The normalized spacial score (nSPS) is 26.7. The minimum absolute atomic E-state index is 0.747. The van der Waals surface area contributed by atoms with Crippen LogP contribution in [-0.2, 0) is 13.3 Å². The molecule has 1 saturated heterocycles. The van der Waals surface area contributed by atoms with Crippen LogP contribution < -0.4 is 0 Å². The first-order valence-corrected chi connectivity index (χ1v) is 26.4. The van der Waals surface area contributed by atoms with Crippen LogP contribution in [0.5, 0.6) is 0 Å². The Balaban J connectivity index is 3.34. The molecule has 0 radical (unpaired) electrons. The molecule has 0 aromatic rings. The van der Waals surface area contributed by atoms with Crippen LogP contribution in [0.3, 0.4) is 0 Å². The molecule has 22 heavy (non-hydrogen) atoms. The second-order valence-corrected chi connectivity index (χ2v) is 46.5. The van der Waals surface area contributed by atoms with E-state index in [9.17, 15) is 0 Å². The second-order valence-electron chi connectivity index (χ2n) is 10.4. The second kappa shape index (κ2) is 5.75. The van der Waals surface area contributed by atoms with E-state index in [1.165, 1.54) is 0 Å². The quantitative estimate of drug-likeness (QED) is 0.487. The first-order valence-electron chi connectivity index (χ1n) is 8.43. The smallest absolute Gasteiger partial charge is 0.251 e. The lowest BCUT2D eigenvalue weighted by molar-refractivity contribution is -0.256. The molecule has 0 unspecified atom stereocenters. The molecule has 0 aromatic heterocycles. The Kier molecular flexibility index (Phi) is 5.49. The van der Waals surface area contributed by atoms with Gasteiger partial charge in [-0.05, 0) is 52.4 Å². The van der Waals surface area contributed by atoms with Gasteiger partial charge >= 0.3 is 0 Å². The lowest BCUT2D eigenvalue weighted by Crippen LogP contribution is -2.80. The predicted octanol–water partition coefficient (Wildman–Crippen LogP) is 5.15. The molecule has 1 rings (SSSR count). The van der Waals surface area contributed by atoms with Crippen LogP contribution in [0.15, 0.2) is 0 Å². The summed E-state index contributed by atoms with van der Waals surface area (Å²) in [5, 5.41) is 0. The van der Waals surface area contributed by atoms with Gasteiger partial charge in [0, 0.05) is 6.04 Å². The average Bonchev–Trinajstić information content (AvgIpc) is 2.05. The Bertz CT molecular complexity index is 383. The maximum absolute atomic E-state index is 6.82. The van der Waals surface area contributed by atoms with E-state index in [1.807, 2.05) is 0 Å². The van der Waals surface area contributed by atoms with Crippen molar-refractivity contribution in [3.63, 3.8) is 0 Å². The fourth-order valence-corrected chi connectivity index (χ4v) is 34.6. The van der Waals surface area contributed by atoms with E-state index >= 15 is 0 Å². The third-order valence-corrected chi connectivity index (χ3v) is 47.1. The summed E-state index contributed by atoms with van der Waals surface area (Å²) in [5.74, 6) is -0.747. The molecule has 0 saturated carbocycles. The van der Waals surface area contributed by atoms with Gasteiger partial charge in [-0.25, -0.2) is 0 Å². The van der Waals surface area contributed by atoms with Crippen molar-refractivity contribution in [2.75, 3.05) is 0 Å². The lowest BCUT2D eigenvalue weighted by atomic mass is 10.7. The van der Waals surface area contributed by atoms with Crippen LogP contribution in [0, 0.1) is 0 Å². The molecule has 0 atom stereocenters. The summed E-state index contributed by atoms with van der Waals surface area (Å²) in [6.45, 7) is 28.5. The molecule has 0 N–H and O–H groups in total. The zero-order valence-corrected chi connectivity index (χ0v) is 21.9. The zero-order chi connectivity index (χ0) is 17.8. The Hall–Kier alpha value is 0.964. The summed E-state index contributed by atoms with van der Waals surface area (Å²) < 4.78 is 20.1. The molecule has 0 aromatic carbocycles. The SMILES string of the molecule is C[Si](C)(C)OC1(O[Si](C)(C)C)C[Si](C)(C)[Si](C)(C)[Si](C)(C)O1. The average molecular weight is 395 g/mol. The largest absolute Gasteiger partial charge is 0.374 e. The van der Waals surface area contributed by atoms with Crippen molar-refractivity contribution >= 4 is 39.2 Å².